The highest BCUT2D eigenvalue weighted by molar-refractivity contribution is 5.41. The lowest BCUT2D eigenvalue weighted by molar-refractivity contribution is -0.457. The molecule has 2 fully saturated rings. The molecule has 2 aromatic carbocycles. The van der Waals surface area contributed by atoms with Gasteiger partial charge in [-0.25, -0.2) is 8.78 Å². The number of fused-ring (bicyclic) bond motifs is 5. The van der Waals surface area contributed by atoms with Crippen molar-refractivity contribution in [3.8, 4) is 5.75 Å². The topological polar surface area (TPSA) is 51.2 Å². The molecule has 1 N–H and O–H groups in total. The molecular formula is C40H50F11NO4. The Morgan fingerprint density at radius 3 is 2.11 bits per heavy atom. The van der Waals surface area contributed by atoms with Crippen molar-refractivity contribution in [3.63, 3.8) is 0 Å². The number of aliphatic hydroxyl groups is 1. The zero-order valence-electron chi connectivity index (χ0n) is 31.5. The summed E-state index contributed by atoms with van der Waals surface area (Å²) in [6, 6.07) is 8.42. The number of nitrogens with zero attached hydrogens (tertiary/aromatic N) is 1. The number of ether oxygens (including phenoxy) is 3. The first-order chi connectivity index (χ1) is 26.2. The molecule has 0 aromatic heterocycles. The second kappa shape index (κ2) is 17.7. The van der Waals surface area contributed by atoms with Crippen LogP contribution in [0.3, 0.4) is 0 Å². The predicted molar refractivity (Wildman–Crippen MR) is 185 cm³/mol. The molecule has 2 saturated carbocycles. The first-order valence-corrected chi connectivity index (χ1v) is 19.2. The average molecular weight is 818 g/mol. The van der Waals surface area contributed by atoms with E-state index in [-0.39, 0.29) is 55.3 Å². The molecule has 0 saturated heterocycles. The van der Waals surface area contributed by atoms with Crippen LogP contribution in [0.4, 0.5) is 48.3 Å². The Bertz CT molecular complexity index is 1550. The molecular weight excluding hydrogens is 767 g/mol. The van der Waals surface area contributed by atoms with Crippen molar-refractivity contribution >= 4 is 0 Å². The zero-order valence-corrected chi connectivity index (χ0v) is 31.5. The number of hydrogen-bond donors (Lipinski definition) is 1. The summed E-state index contributed by atoms with van der Waals surface area (Å²) in [5.41, 5.74) is -3.94. The van der Waals surface area contributed by atoms with Crippen molar-refractivity contribution in [1.29, 1.82) is 0 Å². The Labute approximate surface area is 319 Å². The number of benzene rings is 2. The van der Waals surface area contributed by atoms with Gasteiger partial charge in [-0.05, 0) is 136 Å². The first kappa shape index (κ1) is 44.4. The summed E-state index contributed by atoms with van der Waals surface area (Å²) in [7, 11) is 1.81. The smallest absolute Gasteiger partial charge is 0.435 e. The molecule has 0 spiro atoms. The van der Waals surface area contributed by atoms with Crippen LogP contribution in [0, 0.1) is 28.9 Å². The van der Waals surface area contributed by atoms with Crippen LogP contribution in [0.15, 0.2) is 30.3 Å². The average Bonchev–Trinajstić information content (AvgIpc) is 3.44. The van der Waals surface area contributed by atoms with Gasteiger partial charge < -0.3 is 24.2 Å². The van der Waals surface area contributed by atoms with Crippen LogP contribution in [-0.2, 0) is 29.0 Å². The molecule has 56 heavy (non-hydrogen) atoms. The van der Waals surface area contributed by atoms with E-state index in [0.29, 0.717) is 30.2 Å². The summed E-state index contributed by atoms with van der Waals surface area (Å²) in [6.07, 6.45) is -13.2. The summed E-state index contributed by atoms with van der Waals surface area (Å²) in [5.74, 6) is 0.0699. The molecule has 0 aliphatic heterocycles. The molecule has 3 aliphatic rings. The Morgan fingerprint density at radius 2 is 1.46 bits per heavy atom. The standard InChI is InChI=1S/C40H50F11NO4/c1-36-15-14-29-28-11-9-27(55-24-25-20-33(41)31(34(42)21-25)23-52(2)16-5-3-4-6-17-53)22-26(28)8-10-30(29)32(36)12-13-35(36)54-18-7-19-56-37(38(43,44)45,39(46,47)48)40(49,50)51/h9,11,20-22,29-30,32,35,53H,3-8,10,12-19,23-24H2,1-2H3/t29?,30?,32?,35-,36-/m0/s1. The molecule has 0 heterocycles. The largest absolute Gasteiger partial charge is 0.489 e. The summed E-state index contributed by atoms with van der Waals surface area (Å²) in [4.78, 5) is 1.87. The lowest BCUT2D eigenvalue weighted by atomic mass is 9.55. The third-order valence-electron chi connectivity index (χ3n) is 12.2. The summed E-state index contributed by atoms with van der Waals surface area (Å²) in [5, 5.41) is 8.90. The van der Waals surface area contributed by atoms with Gasteiger partial charge in [0.15, 0.2) is 0 Å². The third-order valence-corrected chi connectivity index (χ3v) is 12.2. The van der Waals surface area contributed by atoms with Crippen LogP contribution in [0.5, 0.6) is 5.75 Å². The van der Waals surface area contributed by atoms with Gasteiger partial charge in [0, 0.05) is 25.3 Å². The van der Waals surface area contributed by atoms with E-state index in [0.717, 1.165) is 63.4 Å². The maximum absolute atomic E-state index is 15.0. The highest BCUT2D eigenvalue weighted by Crippen LogP contribution is 2.62. The van der Waals surface area contributed by atoms with Crippen molar-refractivity contribution in [3.05, 3.63) is 64.2 Å². The van der Waals surface area contributed by atoms with E-state index in [1.807, 2.05) is 30.1 Å². The molecule has 16 heteroatoms. The Kier molecular flexibility index (Phi) is 14.0. The van der Waals surface area contributed by atoms with E-state index < -0.39 is 48.8 Å². The van der Waals surface area contributed by atoms with Crippen LogP contribution in [-0.4, -0.2) is 73.7 Å². The first-order valence-electron chi connectivity index (χ1n) is 19.2. The number of rotatable bonds is 17. The molecule has 5 atom stereocenters. The van der Waals surface area contributed by atoms with Crippen LogP contribution < -0.4 is 4.74 Å². The van der Waals surface area contributed by atoms with Crippen molar-refractivity contribution in [1.82, 2.24) is 4.90 Å². The number of hydrogen-bond acceptors (Lipinski definition) is 5. The summed E-state index contributed by atoms with van der Waals surface area (Å²) < 4.78 is 164. The Balaban J connectivity index is 1.13. The normalized spacial score (nSPS) is 24.3. The molecule has 3 unspecified atom stereocenters. The van der Waals surface area contributed by atoms with Crippen LogP contribution in [0.25, 0.3) is 0 Å². The molecule has 5 nitrogen and oxygen atoms in total. The number of aryl methyl sites for hydroxylation is 1. The fourth-order valence-corrected chi connectivity index (χ4v) is 9.36. The highest BCUT2D eigenvalue weighted by atomic mass is 19.4. The van der Waals surface area contributed by atoms with Gasteiger partial charge in [-0.15, -0.1) is 0 Å². The van der Waals surface area contributed by atoms with E-state index in [1.165, 1.54) is 17.7 Å². The fourth-order valence-electron chi connectivity index (χ4n) is 9.36. The van der Waals surface area contributed by atoms with Crippen molar-refractivity contribution < 1.29 is 67.6 Å². The zero-order chi connectivity index (χ0) is 41.1. The minimum absolute atomic E-state index is 0.00184. The van der Waals surface area contributed by atoms with Crippen molar-refractivity contribution in [2.75, 3.05) is 33.4 Å². The van der Waals surface area contributed by atoms with Gasteiger partial charge >= 0.3 is 24.1 Å². The van der Waals surface area contributed by atoms with Gasteiger partial charge in [0.05, 0.1) is 12.7 Å². The van der Waals surface area contributed by atoms with E-state index in [9.17, 15) is 48.3 Å². The Hall–Kier alpha value is -2.69. The van der Waals surface area contributed by atoms with Crippen molar-refractivity contribution in [2.45, 2.75) is 127 Å². The molecule has 0 amide bonds. The van der Waals surface area contributed by atoms with Crippen molar-refractivity contribution in [2.24, 2.45) is 17.3 Å². The monoisotopic (exact) mass is 817 g/mol. The van der Waals surface area contributed by atoms with E-state index in [2.05, 4.69) is 11.7 Å². The van der Waals surface area contributed by atoms with Crippen LogP contribution in [0.2, 0.25) is 0 Å². The number of unbranched alkanes of at least 4 members (excludes halogenated alkanes) is 3. The van der Waals surface area contributed by atoms with Gasteiger partial charge in [0.25, 0.3) is 0 Å². The third kappa shape index (κ3) is 9.28. The SMILES string of the molecule is CN(CCCCCCO)Cc1c(F)cc(COc2ccc3c(c2)CCC2C3CC[C@@]3(C)C2CC[C@@H]3OCCCOC(C(F)(F)F)(C(F)(F)F)C(F)(F)F)cc1F. The molecule has 0 bridgehead atoms. The maximum atomic E-state index is 15.0. The van der Waals surface area contributed by atoms with E-state index in [1.54, 1.807) is 0 Å². The second-order valence-corrected chi connectivity index (χ2v) is 15.8. The quantitative estimate of drug-likeness (QED) is 0.127. The summed E-state index contributed by atoms with van der Waals surface area (Å²) in [6.45, 7) is 1.19. The van der Waals surface area contributed by atoms with Crippen LogP contribution in [0.1, 0.15) is 99.3 Å². The molecule has 2 aromatic rings. The van der Waals surface area contributed by atoms with Crippen LogP contribution >= 0.6 is 0 Å². The maximum Gasteiger partial charge on any atom is 0.435 e. The second-order valence-electron chi connectivity index (χ2n) is 15.8. The lowest BCUT2D eigenvalue weighted by Gasteiger charge is -2.50. The molecule has 5 rings (SSSR count). The number of aliphatic hydroxyl groups excluding tert-OH is 1. The van der Waals surface area contributed by atoms with Gasteiger partial charge in [0.2, 0.25) is 0 Å². The van der Waals surface area contributed by atoms with Gasteiger partial charge in [-0.3, -0.25) is 0 Å². The molecule has 0 radical (unpaired) electrons. The Morgan fingerprint density at radius 1 is 0.804 bits per heavy atom. The highest BCUT2D eigenvalue weighted by Gasteiger charge is 2.85. The fraction of sp³-hybridized carbons (Fsp3) is 0.700. The van der Waals surface area contributed by atoms with Gasteiger partial charge in [-0.1, -0.05) is 25.8 Å². The van der Waals surface area contributed by atoms with Gasteiger partial charge in [-0.2, -0.15) is 39.5 Å². The molecule has 316 valence electrons. The minimum Gasteiger partial charge on any atom is -0.489 e. The lowest BCUT2D eigenvalue weighted by Crippen LogP contribution is -2.67. The number of halogens is 11. The van der Waals surface area contributed by atoms with E-state index >= 15 is 0 Å². The van der Waals surface area contributed by atoms with E-state index in [4.69, 9.17) is 14.6 Å². The summed E-state index contributed by atoms with van der Waals surface area (Å²) >= 11 is 0. The minimum atomic E-state index is -6.77. The number of alkyl halides is 9. The molecule has 3 aliphatic carbocycles. The van der Waals surface area contributed by atoms with Gasteiger partial charge in [0.1, 0.15) is 24.0 Å². The predicted octanol–water partition coefficient (Wildman–Crippen LogP) is 10.6.